The lowest BCUT2D eigenvalue weighted by molar-refractivity contribution is -0.125. The molecule has 1 fully saturated rings. The molecule has 16 heavy (non-hydrogen) atoms. The zero-order valence-corrected chi connectivity index (χ0v) is 10.2. The lowest BCUT2D eigenvalue weighted by Crippen LogP contribution is -2.44. The van der Waals surface area contributed by atoms with Crippen LogP contribution in [0.4, 0.5) is 0 Å². The van der Waals surface area contributed by atoms with Crippen LogP contribution in [0, 0.1) is 5.41 Å². The Hall–Kier alpha value is -0.450. The van der Waals surface area contributed by atoms with Crippen LogP contribution < -0.4 is 0 Å². The van der Waals surface area contributed by atoms with Crippen molar-refractivity contribution in [2.75, 3.05) is 39.5 Å². The number of nitrogens with zero attached hydrogens (tertiary/aromatic N) is 1. The molecule has 0 aromatic heterocycles. The van der Waals surface area contributed by atoms with Gasteiger partial charge in [-0.1, -0.05) is 6.92 Å². The lowest BCUT2D eigenvalue weighted by atomic mass is 9.83. The van der Waals surface area contributed by atoms with Crippen LogP contribution in [-0.2, 0) is 9.53 Å². The van der Waals surface area contributed by atoms with E-state index in [4.69, 9.17) is 9.84 Å². The first kappa shape index (κ1) is 13.6. The highest BCUT2D eigenvalue weighted by molar-refractivity contribution is 5.60. The van der Waals surface area contributed by atoms with Gasteiger partial charge in [-0.25, -0.2) is 0 Å². The summed E-state index contributed by atoms with van der Waals surface area (Å²) >= 11 is 0. The number of hydrogen-bond acceptors (Lipinski definition) is 4. The van der Waals surface area contributed by atoms with Gasteiger partial charge in [0.15, 0.2) is 0 Å². The van der Waals surface area contributed by atoms with E-state index in [2.05, 4.69) is 11.8 Å². The number of rotatable bonds is 7. The minimum atomic E-state index is -0.316. The van der Waals surface area contributed by atoms with E-state index in [0.717, 1.165) is 51.8 Å². The SMILES string of the molecule is CCN(CCCO)CC1(C=O)CCCOC1. The molecule has 1 rings (SSSR count). The van der Waals surface area contributed by atoms with Gasteiger partial charge in [-0.3, -0.25) is 0 Å². The number of ether oxygens (including phenoxy) is 1. The molecule has 4 heteroatoms. The molecule has 94 valence electrons. The number of hydrogen-bond donors (Lipinski definition) is 1. The molecule has 1 saturated heterocycles. The van der Waals surface area contributed by atoms with Crippen LogP contribution in [-0.4, -0.2) is 55.7 Å². The first-order valence-electron chi connectivity index (χ1n) is 6.13. The molecule has 4 nitrogen and oxygen atoms in total. The average molecular weight is 229 g/mol. The van der Waals surface area contributed by atoms with Crippen molar-refractivity contribution in [3.05, 3.63) is 0 Å². The molecule has 0 amide bonds. The summed E-state index contributed by atoms with van der Waals surface area (Å²) in [7, 11) is 0. The maximum atomic E-state index is 11.3. The summed E-state index contributed by atoms with van der Waals surface area (Å²) in [5.74, 6) is 0. The maximum absolute atomic E-state index is 11.3. The van der Waals surface area contributed by atoms with E-state index in [1.807, 2.05) is 0 Å². The van der Waals surface area contributed by atoms with Gasteiger partial charge in [-0.15, -0.1) is 0 Å². The minimum absolute atomic E-state index is 0.209. The van der Waals surface area contributed by atoms with E-state index < -0.39 is 0 Å². The number of carbonyl (C=O) groups excluding carboxylic acids is 1. The zero-order chi connectivity index (χ0) is 11.9. The Bertz CT molecular complexity index is 202. The third kappa shape index (κ3) is 3.85. The Morgan fingerprint density at radius 2 is 2.38 bits per heavy atom. The third-order valence-corrected chi connectivity index (χ3v) is 3.22. The molecule has 0 spiro atoms. The fourth-order valence-corrected chi connectivity index (χ4v) is 2.22. The Morgan fingerprint density at radius 1 is 1.56 bits per heavy atom. The molecule has 0 radical (unpaired) electrons. The van der Waals surface area contributed by atoms with Crippen molar-refractivity contribution in [3.8, 4) is 0 Å². The van der Waals surface area contributed by atoms with Crippen LogP contribution in [0.5, 0.6) is 0 Å². The van der Waals surface area contributed by atoms with Crippen LogP contribution in [0.3, 0.4) is 0 Å². The molecule has 1 N–H and O–H groups in total. The number of aliphatic hydroxyl groups is 1. The second-order valence-corrected chi connectivity index (χ2v) is 4.58. The smallest absolute Gasteiger partial charge is 0.129 e. The Morgan fingerprint density at radius 3 is 2.88 bits per heavy atom. The van der Waals surface area contributed by atoms with Gasteiger partial charge in [-0.05, 0) is 25.8 Å². The van der Waals surface area contributed by atoms with Crippen LogP contribution in [0.1, 0.15) is 26.2 Å². The van der Waals surface area contributed by atoms with Crippen LogP contribution in [0.25, 0.3) is 0 Å². The van der Waals surface area contributed by atoms with E-state index in [0.29, 0.717) is 6.61 Å². The maximum Gasteiger partial charge on any atom is 0.129 e. The summed E-state index contributed by atoms with van der Waals surface area (Å²) in [5, 5.41) is 8.82. The molecule has 1 aliphatic rings. The second kappa shape index (κ2) is 6.99. The summed E-state index contributed by atoms with van der Waals surface area (Å²) in [5.41, 5.74) is -0.316. The Balaban J connectivity index is 2.48. The Labute approximate surface area is 97.6 Å². The zero-order valence-electron chi connectivity index (χ0n) is 10.2. The van der Waals surface area contributed by atoms with Crippen molar-refractivity contribution in [1.29, 1.82) is 0 Å². The van der Waals surface area contributed by atoms with Crippen LogP contribution >= 0.6 is 0 Å². The topological polar surface area (TPSA) is 49.8 Å². The molecule has 0 aliphatic carbocycles. The van der Waals surface area contributed by atoms with Gasteiger partial charge in [0, 0.05) is 26.3 Å². The van der Waals surface area contributed by atoms with Crippen LogP contribution in [0.2, 0.25) is 0 Å². The fraction of sp³-hybridized carbons (Fsp3) is 0.917. The van der Waals surface area contributed by atoms with E-state index in [1.54, 1.807) is 0 Å². The largest absolute Gasteiger partial charge is 0.396 e. The predicted molar refractivity (Wildman–Crippen MR) is 62.4 cm³/mol. The van der Waals surface area contributed by atoms with Gasteiger partial charge in [0.25, 0.3) is 0 Å². The standard InChI is InChI=1S/C12H23NO3/c1-2-13(6-4-7-14)9-12(10-15)5-3-8-16-11-12/h10,14H,2-9,11H2,1H3. The first-order chi connectivity index (χ1) is 7.76. The molecule has 1 heterocycles. The fourth-order valence-electron chi connectivity index (χ4n) is 2.22. The van der Waals surface area contributed by atoms with Gasteiger partial charge in [-0.2, -0.15) is 0 Å². The monoisotopic (exact) mass is 229 g/mol. The molecule has 0 aromatic rings. The highest BCUT2D eigenvalue weighted by Crippen LogP contribution is 2.27. The van der Waals surface area contributed by atoms with Crippen molar-refractivity contribution in [1.82, 2.24) is 4.90 Å². The highest BCUT2D eigenvalue weighted by Gasteiger charge is 2.34. The second-order valence-electron chi connectivity index (χ2n) is 4.58. The summed E-state index contributed by atoms with van der Waals surface area (Å²) in [6, 6.07) is 0. The van der Waals surface area contributed by atoms with Gasteiger partial charge < -0.3 is 19.5 Å². The third-order valence-electron chi connectivity index (χ3n) is 3.22. The van der Waals surface area contributed by atoms with Gasteiger partial charge >= 0.3 is 0 Å². The summed E-state index contributed by atoms with van der Waals surface area (Å²) < 4.78 is 5.42. The van der Waals surface area contributed by atoms with Crippen molar-refractivity contribution >= 4 is 6.29 Å². The van der Waals surface area contributed by atoms with E-state index >= 15 is 0 Å². The summed E-state index contributed by atoms with van der Waals surface area (Å²) in [6.07, 6.45) is 3.72. The molecule has 1 unspecified atom stereocenters. The minimum Gasteiger partial charge on any atom is -0.396 e. The van der Waals surface area contributed by atoms with E-state index in [9.17, 15) is 4.79 Å². The number of aliphatic hydroxyl groups excluding tert-OH is 1. The number of aldehydes is 1. The normalized spacial score (nSPS) is 25.9. The molecule has 0 aromatic carbocycles. The molecule has 1 atom stereocenters. The summed E-state index contributed by atoms with van der Waals surface area (Å²) in [6.45, 7) is 6.14. The molecular weight excluding hydrogens is 206 g/mol. The Kier molecular flexibility index (Phi) is 5.95. The van der Waals surface area contributed by atoms with Crippen molar-refractivity contribution in [2.24, 2.45) is 5.41 Å². The first-order valence-corrected chi connectivity index (χ1v) is 6.13. The lowest BCUT2D eigenvalue weighted by Gasteiger charge is -2.36. The quantitative estimate of drug-likeness (QED) is 0.652. The van der Waals surface area contributed by atoms with Gasteiger partial charge in [0.1, 0.15) is 6.29 Å². The van der Waals surface area contributed by atoms with Crippen molar-refractivity contribution < 1.29 is 14.6 Å². The van der Waals surface area contributed by atoms with Crippen LogP contribution in [0.15, 0.2) is 0 Å². The average Bonchev–Trinajstić information content (AvgIpc) is 2.35. The van der Waals surface area contributed by atoms with Gasteiger partial charge in [0.2, 0.25) is 0 Å². The molecular formula is C12H23NO3. The predicted octanol–water partition coefficient (Wildman–Crippen LogP) is 0.686. The summed E-state index contributed by atoms with van der Waals surface area (Å²) in [4.78, 5) is 13.5. The molecule has 0 saturated carbocycles. The van der Waals surface area contributed by atoms with Crippen molar-refractivity contribution in [2.45, 2.75) is 26.2 Å². The molecule has 0 bridgehead atoms. The van der Waals surface area contributed by atoms with E-state index in [1.165, 1.54) is 0 Å². The molecule has 1 aliphatic heterocycles. The highest BCUT2D eigenvalue weighted by atomic mass is 16.5. The number of carbonyl (C=O) groups is 1. The van der Waals surface area contributed by atoms with Gasteiger partial charge in [0.05, 0.1) is 12.0 Å². The van der Waals surface area contributed by atoms with Crippen molar-refractivity contribution in [3.63, 3.8) is 0 Å². The van der Waals surface area contributed by atoms with E-state index in [-0.39, 0.29) is 12.0 Å².